The Hall–Kier alpha value is -2.91. The molecule has 0 fully saturated rings. The number of aliphatic carboxylic acids is 1. The van der Waals surface area contributed by atoms with Gasteiger partial charge in [0.2, 0.25) is 0 Å². The molecule has 0 aliphatic rings. The van der Waals surface area contributed by atoms with Gasteiger partial charge in [0.1, 0.15) is 12.4 Å². The van der Waals surface area contributed by atoms with Crippen molar-refractivity contribution in [2.24, 2.45) is 7.05 Å². The first kappa shape index (κ1) is 14.5. The van der Waals surface area contributed by atoms with Crippen molar-refractivity contribution in [3.63, 3.8) is 0 Å². The Kier molecular flexibility index (Phi) is 4.49. The van der Waals surface area contributed by atoms with E-state index in [1.807, 2.05) is 0 Å². The predicted molar refractivity (Wildman–Crippen MR) is 70.1 cm³/mol. The molecule has 112 valence electrons. The van der Waals surface area contributed by atoms with Gasteiger partial charge in [0.15, 0.2) is 5.82 Å². The number of urea groups is 1. The second-order valence-electron chi connectivity index (χ2n) is 4.36. The molecule has 2 amide bonds. The molecule has 4 N–H and O–H groups in total. The van der Waals surface area contributed by atoms with E-state index in [1.54, 1.807) is 11.6 Å². The maximum absolute atomic E-state index is 11.7. The molecule has 0 spiro atoms. The molecule has 2 aromatic heterocycles. The maximum atomic E-state index is 11.7. The summed E-state index contributed by atoms with van der Waals surface area (Å²) >= 11 is 0. The number of aromatic amines is 1. The number of H-pyrrole nitrogens is 1. The molecule has 0 saturated carbocycles. The minimum absolute atomic E-state index is 0.118. The van der Waals surface area contributed by atoms with Crippen molar-refractivity contribution >= 4 is 12.0 Å². The van der Waals surface area contributed by atoms with E-state index in [4.69, 9.17) is 5.11 Å². The second-order valence-corrected chi connectivity index (χ2v) is 4.36. The molecular weight excluding hydrogens is 278 g/mol. The van der Waals surface area contributed by atoms with E-state index in [0.717, 1.165) is 0 Å². The highest BCUT2D eigenvalue weighted by Gasteiger charge is 2.21. The Morgan fingerprint density at radius 3 is 2.90 bits per heavy atom. The van der Waals surface area contributed by atoms with Crippen molar-refractivity contribution in [1.29, 1.82) is 0 Å². The normalized spacial score (nSPS) is 11.9. The zero-order valence-corrected chi connectivity index (χ0v) is 11.3. The lowest BCUT2D eigenvalue weighted by Crippen LogP contribution is -2.47. The lowest BCUT2D eigenvalue weighted by molar-refractivity contribution is -0.139. The number of carboxylic acid groups (broad SMARTS) is 1. The van der Waals surface area contributed by atoms with E-state index in [2.05, 4.69) is 30.8 Å². The summed E-state index contributed by atoms with van der Waals surface area (Å²) in [6.45, 7) is 0.152. The van der Waals surface area contributed by atoms with Crippen molar-refractivity contribution in [1.82, 2.24) is 35.4 Å². The lowest BCUT2D eigenvalue weighted by atomic mass is 10.2. The van der Waals surface area contributed by atoms with Crippen LogP contribution in [0.25, 0.3) is 0 Å². The van der Waals surface area contributed by atoms with Crippen LogP contribution in [0.1, 0.15) is 11.5 Å². The Labute approximate surface area is 119 Å². The van der Waals surface area contributed by atoms with Gasteiger partial charge in [-0.15, -0.1) is 10.2 Å². The quantitative estimate of drug-likeness (QED) is 0.541. The highest BCUT2D eigenvalue weighted by Crippen LogP contribution is 1.99. The van der Waals surface area contributed by atoms with Gasteiger partial charge in [-0.3, -0.25) is 0 Å². The van der Waals surface area contributed by atoms with Gasteiger partial charge in [-0.2, -0.15) is 0 Å². The third-order valence-corrected chi connectivity index (χ3v) is 2.79. The van der Waals surface area contributed by atoms with Crippen LogP contribution in [0.2, 0.25) is 0 Å². The monoisotopic (exact) mass is 293 g/mol. The summed E-state index contributed by atoms with van der Waals surface area (Å²) in [6.07, 6.45) is 4.58. The standard InChI is InChI=1S/C11H15N7O3/c1-18-6-15-17-9(18)4-13-11(21)16-8(10(19)20)2-7-3-12-5-14-7/h3,5-6,8H,2,4H2,1H3,(H,12,14)(H,19,20)(H2,13,16,21)/t8-/m1/s1. The highest BCUT2D eigenvalue weighted by atomic mass is 16.4. The summed E-state index contributed by atoms with van der Waals surface area (Å²) in [4.78, 5) is 29.5. The molecule has 10 nitrogen and oxygen atoms in total. The highest BCUT2D eigenvalue weighted by molar-refractivity contribution is 5.82. The number of nitrogens with one attached hydrogen (secondary N) is 3. The van der Waals surface area contributed by atoms with Gasteiger partial charge < -0.3 is 25.3 Å². The minimum Gasteiger partial charge on any atom is -0.480 e. The topological polar surface area (TPSA) is 138 Å². The number of hydrogen-bond donors (Lipinski definition) is 4. The summed E-state index contributed by atoms with van der Waals surface area (Å²) in [5.74, 6) is -0.566. The fraction of sp³-hybridized carbons (Fsp3) is 0.364. The summed E-state index contributed by atoms with van der Waals surface area (Å²) in [5, 5.41) is 21.5. The summed E-state index contributed by atoms with van der Waals surface area (Å²) < 4.78 is 1.65. The molecule has 10 heteroatoms. The molecule has 2 heterocycles. The van der Waals surface area contributed by atoms with E-state index >= 15 is 0 Å². The number of rotatable bonds is 6. The van der Waals surface area contributed by atoms with E-state index in [0.29, 0.717) is 11.5 Å². The van der Waals surface area contributed by atoms with Crippen LogP contribution in [0.15, 0.2) is 18.9 Å². The van der Waals surface area contributed by atoms with Crippen LogP contribution in [0.4, 0.5) is 4.79 Å². The summed E-state index contributed by atoms with van der Waals surface area (Å²) in [7, 11) is 1.74. The van der Waals surface area contributed by atoms with Crippen LogP contribution in [-0.2, 0) is 24.8 Å². The molecule has 0 aliphatic carbocycles. The zero-order chi connectivity index (χ0) is 15.2. The number of carbonyl (C=O) groups excluding carboxylic acids is 1. The number of carboxylic acids is 1. The number of aromatic nitrogens is 5. The van der Waals surface area contributed by atoms with E-state index in [1.165, 1.54) is 18.9 Å². The predicted octanol–water partition coefficient (Wildman–Crippen LogP) is -0.967. The molecule has 0 unspecified atom stereocenters. The van der Waals surface area contributed by atoms with Gasteiger partial charge in [-0.05, 0) is 0 Å². The lowest BCUT2D eigenvalue weighted by Gasteiger charge is -2.14. The number of nitrogens with zero attached hydrogens (tertiary/aromatic N) is 4. The van der Waals surface area contributed by atoms with Crippen LogP contribution in [0.5, 0.6) is 0 Å². The number of amides is 2. The van der Waals surface area contributed by atoms with Crippen molar-refractivity contribution in [3.05, 3.63) is 30.4 Å². The molecule has 1 atom stereocenters. The van der Waals surface area contributed by atoms with Gasteiger partial charge in [-0.1, -0.05) is 0 Å². The molecule has 21 heavy (non-hydrogen) atoms. The van der Waals surface area contributed by atoms with Crippen molar-refractivity contribution in [2.45, 2.75) is 19.0 Å². The molecule has 2 aromatic rings. The Morgan fingerprint density at radius 1 is 1.52 bits per heavy atom. The van der Waals surface area contributed by atoms with Gasteiger partial charge in [-0.25, -0.2) is 14.6 Å². The van der Waals surface area contributed by atoms with Crippen LogP contribution >= 0.6 is 0 Å². The van der Waals surface area contributed by atoms with Gasteiger partial charge in [0, 0.05) is 25.4 Å². The minimum atomic E-state index is -1.13. The average Bonchev–Trinajstić information content (AvgIpc) is 3.07. The van der Waals surface area contributed by atoms with E-state index in [9.17, 15) is 9.59 Å². The molecule has 0 saturated heterocycles. The molecule has 2 rings (SSSR count). The zero-order valence-electron chi connectivity index (χ0n) is 11.3. The molecule has 0 bridgehead atoms. The van der Waals surface area contributed by atoms with Gasteiger partial charge in [0.25, 0.3) is 0 Å². The van der Waals surface area contributed by atoms with Crippen LogP contribution < -0.4 is 10.6 Å². The molecule has 0 aliphatic heterocycles. The molecular formula is C11H15N7O3. The first-order valence-corrected chi connectivity index (χ1v) is 6.13. The third kappa shape index (κ3) is 4.03. The SMILES string of the molecule is Cn1cnnc1CNC(=O)N[C@H](Cc1cnc[nH]1)C(=O)O. The van der Waals surface area contributed by atoms with Crippen LogP contribution in [0.3, 0.4) is 0 Å². The Morgan fingerprint density at radius 2 is 2.33 bits per heavy atom. The second kappa shape index (κ2) is 6.50. The van der Waals surface area contributed by atoms with Crippen molar-refractivity contribution in [2.75, 3.05) is 0 Å². The Bertz CT molecular complexity index is 607. The largest absolute Gasteiger partial charge is 0.480 e. The summed E-state index contributed by atoms with van der Waals surface area (Å²) in [6, 6.07) is -1.64. The smallest absolute Gasteiger partial charge is 0.326 e. The van der Waals surface area contributed by atoms with Gasteiger partial charge in [0.05, 0.1) is 12.9 Å². The molecule has 0 radical (unpaired) electrons. The summed E-state index contributed by atoms with van der Waals surface area (Å²) in [5.41, 5.74) is 0.621. The fourth-order valence-electron chi connectivity index (χ4n) is 1.65. The average molecular weight is 293 g/mol. The number of carbonyl (C=O) groups is 2. The number of aryl methyl sites for hydroxylation is 1. The fourth-order valence-corrected chi connectivity index (χ4v) is 1.65. The maximum Gasteiger partial charge on any atom is 0.326 e. The van der Waals surface area contributed by atoms with Crippen molar-refractivity contribution in [3.8, 4) is 0 Å². The van der Waals surface area contributed by atoms with E-state index < -0.39 is 18.0 Å². The molecule has 0 aromatic carbocycles. The van der Waals surface area contributed by atoms with Crippen molar-refractivity contribution < 1.29 is 14.7 Å². The first-order chi connectivity index (χ1) is 10.1. The van der Waals surface area contributed by atoms with Gasteiger partial charge >= 0.3 is 12.0 Å². The Balaban J connectivity index is 1.86. The van der Waals surface area contributed by atoms with Crippen LogP contribution in [-0.4, -0.2) is 47.9 Å². The third-order valence-electron chi connectivity index (χ3n) is 2.79. The van der Waals surface area contributed by atoms with E-state index in [-0.39, 0.29) is 13.0 Å². The number of imidazole rings is 1. The first-order valence-electron chi connectivity index (χ1n) is 6.13. The number of hydrogen-bond acceptors (Lipinski definition) is 5. The van der Waals surface area contributed by atoms with Crippen LogP contribution in [0, 0.1) is 0 Å².